The molecule has 1 fully saturated rings. The highest BCUT2D eigenvalue weighted by atomic mass is 79.9. The third kappa shape index (κ3) is 1.68. The first-order chi connectivity index (χ1) is 6.66. The quantitative estimate of drug-likeness (QED) is 0.433. The molecule has 1 aliphatic heterocycles. The van der Waals surface area contributed by atoms with Crippen LogP contribution in [0.3, 0.4) is 0 Å². The van der Waals surface area contributed by atoms with Crippen molar-refractivity contribution in [2.75, 3.05) is 0 Å². The maximum absolute atomic E-state index is 11.2. The zero-order chi connectivity index (χ0) is 10.1. The number of aromatic nitrogens is 1. The molecule has 72 valence electrons. The van der Waals surface area contributed by atoms with E-state index in [1.54, 1.807) is 18.3 Å². The number of hydrogen-bond donors (Lipinski definition) is 0. The van der Waals surface area contributed by atoms with E-state index in [0.29, 0.717) is 10.2 Å². The molecule has 0 amide bonds. The zero-order valence-electron chi connectivity index (χ0n) is 7.07. The fraction of sp³-hybridized carbons (Fsp3) is 0.222. The second-order valence-electron chi connectivity index (χ2n) is 2.96. The van der Waals surface area contributed by atoms with E-state index < -0.39 is 17.9 Å². The van der Waals surface area contributed by atoms with Crippen molar-refractivity contribution in [2.24, 2.45) is 0 Å². The molecule has 1 unspecified atom stereocenters. The summed E-state index contributed by atoms with van der Waals surface area (Å²) in [6.07, 6.45) is 1.68. The van der Waals surface area contributed by atoms with Gasteiger partial charge < -0.3 is 4.74 Å². The maximum Gasteiger partial charge on any atom is 0.321 e. The van der Waals surface area contributed by atoms with Gasteiger partial charge in [-0.1, -0.05) is 6.07 Å². The van der Waals surface area contributed by atoms with Crippen LogP contribution in [0.4, 0.5) is 0 Å². The summed E-state index contributed by atoms with van der Waals surface area (Å²) in [6, 6.07) is 3.48. The van der Waals surface area contributed by atoms with Gasteiger partial charge in [-0.3, -0.25) is 9.59 Å². The molecule has 5 heteroatoms. The predicted octanol–water partition coefficient (Wildman–Crippen LogP) is 1.40. The van der Waals surface area contributed by atoms with Crippen LogP contribution in [0.1, 0.15) is 17.9 Å². The van der Waals surface area contributed by atoms with Crippen LogP contribution >= 0.6 is 15.9 Å². The number of esters is 2. The number of nitrogens with zero attached hydrogens (tertiary/aromatic N) is 1. The van der Waals surface area contributed by atoms with Crippen LogP contribution in [0.2, 0.25) is 0 Å². The summed E-state index contributed by atoms with van der Waals surface area (Å²) in [5.74, 6) is -1.44. The van der Waals surface area contributed by atoms with E-state index in [-0.39, 0.29) is 6.42 Å². The minimum absolute atomic E-state index is 0.113. The Hall–Kier alpha value is -1.23. The Morgan fingerprint density at radius 3 is 2.71 bits per heavy atom. The number of hydrogen-bond acceptors (Lipinski definition) is 4. The number of cyclic esters (lactones) is 2. The fourth-order valence-electron chi connectivity index (χ4n) is 1.32. The number of carbonyl (C=O) groups excluding carboxylic acids is 2. The minimum atomic E-state index is -0.487. The molecule has 0 aromatic carbocycles. The lowest BCUT2D eigenvalue weighted by Crippen LogP contribution is -2.05. The third-order valence-corrected chi connectivity index (χ3v) is 2.49. The molecule has 0 spiro atoms. The van der Waals surface area contributed by atoms with Crippen molar-refractivity contribution in [3.8, 4) is 0 Å². The number of ether oxygens (including phenoxy) is 1. The molecule has 0 aliphatic carbocycles. The normalized spacial score (nSPS) is 21.1. The molecule has 1 saturated heterocycles. The number of pyridine rings is 1. The molecular formula is C9H6BrNO3. The molecule has 2 heterocycles. The first kappa shape index (κ1) is 9.33. The van der Waals surface area contributed by atoms with Crippen LogP contribution in [0, 0.1) is 0 Å². The summed E-state index contributed by atoms with van der Waals surface area (Å²) in [7, 11) is 0. The highest BCUT2D eigenvalue weighted by Gasteiger charge is 2.34. The van der Waals surface area contributed by atoms with Crippen LogP contribution in [0.25, 0.3) is 0 Å². The van der Waals surface area contributed by atoms with Crippen LogP contribution in [0.15, 0.2) is 22.9 Å². The number of carbonyl (C=O) groups is 2. The average molecular weight is 256 g/mol. The number of rotatable bonds is 1. The second kappa shape index (κ2) is 3.49. The Balaban J connectivity index is 2.27. The van der Waals surface area contributed by atoms with Gasteiger partial charge >= 0.3 is 11.9 Å². The molecule has 1 atom stereocenters. The number of halogens is 1. The van der Waals surface area contributed by atoms with Crippen molar-refractivity contribution >= 4 is 27.9 Å². The average Bonchev–Trinajstić information content (AvgIpc) is 2.47. The molecular weight excluding hydrogens is 250 g/mol. The van der Waals surface area contributed by atoms with Gasteiger partial charge in [0.25, 0.3) is 0 Å². The van der Waals surface area contributed by atoms with Gasteiger partial charge in [-0.25, -0.2) is 4.98 Å². The molecule has 0 radical (unpaired) electrons. The van der Waals surface area contributed by atoms with E-state index in [0.717, 1.165) is 0 Å². The van der Waals surface area contributed by atoms with Gasteiger partial charge in [0.05, 0.1) is 12.3 Å². The van der Waals surface area contributed by atoms with E-state index in [1.165, 1.54) is 0 Å². The SMILES string of the molecule is O=C1CC(c2ccc(Br)nc2)C(=O)O1. The first-order valence-corrected chi connectivity index (χ1v) is 4.82. The van der Waals surface area contributed by atoms with Crippen molar-refractivity contribution in [1.29, 1.82) is 0 Å². The van der Waals surface area contributed by atoms with Gasteiger partial charge in [0, 0.05) is 6.20 Å². The Bertz CT molecular complexity index is 388. The van der Waals surface area contributed by atoms with Crippen LogP contribution in [-0.2, 0) is 14.3 Å². The Morgan fingerprint density at radius 1 is 1.43 bits per heavy atom. The van der Waals surface area contributed by atoms with Crippen LogP contribution < -0.4 is 0 Å². The second-order valence-corrected chi connectivity index (χ2v) is 3.78. The molecule has 0 saturated carbocycles. The molecule has 1 aromatic heterocycles. The van der Waals surface area contributed by atoms with E-state index in [9.17, 15) is 9.59 Å². The maximum atomic E-state index is 11.2. The third-order valence-electron chi connectivity index (χ3n) is 2.02. The largest absolute Gasteiger partial charge is 0.393 e. The summed E-state index contributed by atoms with van der Waals surface area (Å²) in [5.41, 5.74) is 0.712. The summed E-state index contributed by atoms with van der Waals surface area (Å²) >= 11 is 3.19. The highest BCUT2D eigenvalue weighted by molar-refractivity contribution is 9.10. The predicted molar refractivity (Wildman–Crippen MR) is 50.4 cm³/mol. The molecule has 2 rings (SSSR count). The summed E-state index contributed by atoms with van der Waals surface area (Å²) in [6.45, 7) is 0. The lowest BCUT2D eigenvalue weighted by Gasteiger charge is -2.03. The molecule has 4 nitrogen and oxygen atoms in total. The van der Waals surface area contributed by atoms with E-state index in [1.807, 2.05) is 0 Å². The van der Waals surface area contributed by atoms with E-state index >= 15 is 0 Å². The molecule has 14 heavy (non-hydrogen) atoms. The van der Waals surface area contributed by atoms with E-state index in [2.05, 4.69) is 25.7 Å². The van der Waals surface area contributed by atoms with E-state index in [4.69, 9.17) is 0 Å². The lowest BCUT2D eigenvalue weighted by molar-refractivity contribution is -0.152. The minimum Gasteiger partial charge on any atom is -0.393 e. The first-order valence-electron chi connectivity index (χ1n) is 4.03. The molecule has 1 aliphatic rings. The monoisotopic (exact) mass is 255 g/mol. The van der Waals surface area contributed by atoms with Gasteiger partial charge in [-0.15, -0.1) is 0 Å². The zero-order valence-corrected chi connectivity index (χ0v) is 8.65. The van der Waals surface area contributed by atoms with Crippen LogP contribution in [-0.4, -0.2) is 16.9 Å². The summed E-state index contributed by atoms with van der Waals surface area (Å²) in [4.78, 5) is 26.0. The molecule has 0 N–H and O–H groups in total. The van der Waals surface area contributed by atoms with Gasteiger partial charge in [0.1, 0.15) is 4.60 Å². The molecule has 1 aromatic rings. The van der Waals surface area contributed by atoms with Crippen molar-refractivity contribution in [1.82, 2.24) is 4.98 Å². The molecule has 0 bridgehead atoms. The smallest absolute Gasteiger partial charge is 0.321 e. The summed E-state index contributed by atoms with van der Waals surface area (Å²) < 4.78 is 5.13. The van der Waals surface area contributed by atoms with Gasteiger partial charge in [0.15, 0.2) is 0 Å². The van der Waals surface area contributed by atoms with Crippen LogP contribution in [0.5, 0.6) is 0 Å². The fourth-order valence-corrected chi connectivity index (χ4v) is 1.56. The van der Waals surface area contributed by atoms with Gasteiger partial charge in [-0.05, 0) is 27.6 Å². The highest BCUT2D eigenvalue weighted by Crippen LogP contribution is 2.27. The topological polar surface area (TPSA) is 56.3 Å². The van der Waals surface area contributed by atoms with Crippen molar-refractivity contribution < 1.29 is 14.3 Å². The Labute approximate surface area is 88.4 Å². The Morgan fingerprint density at radius 2 is 2.21 bits per heavy atom. The van der Waals surface area contributed by atoms with Gasteiger partial charge in [-0.2, -0.15) is 0 Å². The Kier molecular flexibility index (Phi) is 2.33. The van der Waals surface area contributed by atoms with Crippen molar-refractivity contribution in [2.45, 2.75) is 12.3 Å². The summed E-state index contributed by atoms with van der Waals surface area (Å²) in [5, 5.41) is 0. The van der Waals surface area contributed by atoms with Crippen molar-refractivity contribution in [3.63, 3.8) is 0 Å². The lowest BCUT2D eigenvalue weighted by atomic mass is 10.00. The standard InChI is InChI=1S/C9H6BrNO3/c10-7-2-1-5(4-11-7)6-3-8(12)14-9(6)13/h1-2,4,6H,3H2. The van der Waals surface area contributed by atoms with Crippen molar-refractivity contribution in [3.05, 3.63) is 28.5 Å². The van der Waals surface area contributed by atoms with Gasteiger partial charge in [0.2, 0.25) is 0 Å².